The summed E-state index contributed by atoms with van der Waals surface area (Å²) in [7, 11) is 0. The Morgan fingerprint density at radius 1 is 1.29 bits per heavy atom. The summed E-state index contributed by atoms with van der Waals surface area (Å²) >= 11 is 6.63. The molecule has 28 heavy (non-hydrogen) atoms. The Bertz CT molecular complexity index is 1010. The second-order valence-electron chi connectivity index (χ2n) is 7.19. The predicted molar refractivity (Wildman–Crippen MR) is 120 cm³/mol. The molecule has 3 heterocycles. The lowest BCUT2D eigenvalue weighted by molar-refractivity contribution is -0.123. The minimum atomic E-state index is -0.217. The largest absolute Gasteiger partial charge is 0.369 e. The number of thioether (sulfide) groups is 1. The third kappa shape index (κ3) is 3.98. The molecule has 8 heteroatoms. The number of hydrogen-bond acceptors (Lipinski definition) is 6. The first-order valence-electron chi connectivity index (χ1n) is 9.35. The van der Waals surface area contributed by atoms with Crippen LogP contribution in [0.15, 0.2) is 34.1 Å². The van der Waals surface area contributed by atoms with Crippen molar-refractivity contribution in [3.63, 3.8) is 0 Å². The van der Waals surface area contributed by atoms with Gasteiger partial charge in [0.05, 0.1) is 10.5 Å². The van der Waals surface area contributed by atoms with Gasteiger partial charge in [0, 0.05) is 18.8 Å². The van der Waals surface area contributed by atoms with Gasteiger partial charge in [-0.15, -0.1) is 0 Å². The third-order valence-electron chi connectivity index (χ3n) is 4.58. The highest BCUT2D eigenvalue weighted by Gasteiger charge is 2.35. The minimum absolute atomic E-state index is 0.0211. The van der Waals surface area contributed by atoms with Gasteiger partial charge in [-0.25, -0.2) is 4.98 Å². The van der Waals surface area contributed by atoms with Crippen LogP contribution in [0.2, 0.25) is 0 Å². The van der Waals surface area contributed by atoms with Gasteiger partial charge in [-0.05, 0) is 37.5 Å². The fraction of sp³-hybridized carbons (Fsp3) is 0.400. The SMILES string of the molecule is CC[C@H](C)N1C(=O)/C(=C/c2c(NCC(C)C)nc3ccccn3c2=O)SC1=S. The maximum Gasteiger partial charge on any atom is 0.267 e. The number of nitrogens with one attached hydrogen (secondary N) is 1. The van der Waals surface area contributed by atoms with E-state index in [0.29, 0.717) is 38.7 Å². The Hall–Kier alpha value is -2.19. The number of nitrogens with zero attached hydrogens (tertiary/aromatic N) is 3. The van der Waals surface area contributed by atoms with Gasteiger partial charge in [0.2, 0.25) is 0 Å². The van der Waals surface area contributed by atoms with Crippen LogP contribution >= 0.6 is 24.0 Å². The quantitative estimate of drug-likeness (QED) is 0.571. The van der Waals surface area contributed by atoms with E-state index in [-0.39, 0.29) is 17.5 Å². The summed E-state index contributed by atoms with van der Waals surface area (Å²) in [5, 5.41) is 3.25. The Labute approximate surface area is 174 Å². The average molecular weight is 417 g/mol. The summed E-state index contributed by atoms with van der Waals surface area (Å²) in [5.41, 5.74) is 0.711. The lowest BCUT2D eigenvalue weighted by Gasteiger charge is -2.21. The molecule has 3 rings (SSSR count). The van der Waals surface area contributed by atoms with Crippen molar-refractivity contribution >= 4 is 51.7 Å². The van der Waals surface area contributed by atoms with E-state index < -0.39 is 0 Å². The molecule has 0 aromatic carbocycles. The first-order chi connectivity index (χ1) is 13.3. The Morgan fingerprint density at radius 3 is 2.71 bits per heavy atom. The van der Waals surface area contributed by atoms with E-state index >= 15 is 0 Å². The summed E-state index contributed by atoms with van der Waals surface area (Å²) in [4.78, 5) is 32.7. The molecule has 1 N–H and O–H groups in total. The molecule has 1 saturated heterocycles. The number of anilines is 1. The van der Waals surface area contributed by atoms with Crippen molar-refractivity contribution in [2.24, 2.45) is 5.92 Å². The number of hydrogen-bond donors (Lipinski definition) is 1. The highest BCUT2D eigenvalue weighted by Crippen LogP contribution is 2.34. The van der Waals surface area contributed by atoms with Crippen LogP contribution in [-0.4, -0.2) is 37.1 Å². The molecule has 0 spiro atoms. The molecular formula is C20H24N4O2S2. The lowest BCUT2D eigenvalue weighted by atomic mass is 10.2. The molecule has 2 aromatic rings. The number of aromatic nitrogens is 2. The first-order valence-corrected chi connectivity index (χ1v) is 10.6. The van der Waals surface area contributed by atoms with Gasteiger partial charge in [0.25, 0.3) is 11.5 Å². The van der Waals surface area contributed by atoms with Crippen LogP contribution in [0, 0.1) is 5.92 Å². The van der Waals surface area contributed by atoms with Gasteiger partial charge >= 0.3 is 0 Å². The summed E-state index contributed by atoms with van der Waals surface area (Å²) in [6, 6.07) is 5.43. The maximum atomic E-state index is 13.1. The molecule has 6 nitrogen and oxygen atoms in total. The second kappa shape index (κ2) is 8.45. The number of fused-ring (bicyclic) bond motifs is 1. The average Bonchev–Trinajstić information content (AvgIpc) is 2.95. The number of carbonyl (C=O) groups is 1. The molecule has 0 aliphatic carbocycles. The molecule has 1 atom stereocenters. The molecule has 1 aliphatic heterocycles. The molecule has 1 aliphatic rings. The van der Waals surface area contributed by atoms with E-state index in [1.54, 1.807) is 29.3 Å². The van der Waals surface area contributed by atoms with Crippen LogP contribution in [0.3, 0.4) is 0 Å². The summed E-state index contributed by atoms with van der Waals surface area (Å²) in [5.74, 6) is 0.711. The topological polar surface area (TPSA) is 66.7 Å². The van der Waals surface area contributed by atoms with Crippen molar-refractivity contribution in [1.82, 2.24) is 14.3 Å². The van der Waals surface area contributed by atoms with Crippen LogP contribution in [-0.2, 0) is 4.79 Å². The summed E-state index contributed by atoms with van der Waals surface area (Å²) in [6.07, 6.45) is 4.11. The van der Waals surface area contributed by atoms with Gasteiger partial charge in [0.15, 0.2) is 0 Å². The van der Waals surface area contributed by atoms with Crippen LogP contribution in [0.5, 0.6) is 0 Å². The molecule has 0 saturated carbocycles. The molecule has 1 amide bonds. The predicted octanol–water partition coefficient (Wildman–Crippen LogP) is 3.76. The zero-order valence-corrected chi connectivity index (χ0v) is 18.1. The fourth-order valence-electron chi connectivity index (χ4n) is 2.84. The van der Waals surface area contributed by atoms with Crippen LogP contribution in [0.25, 0.3) is 11.7 Å². The molecule has 148 valence electrons. The van der Waals surface area contributed by atoms with Gasteiger partial charge in [-0.2, -0.15) is 0 Å². The molecular weight excluding hydrogens is 392 g/mol. The minimum Gasteiger partial charge on any atom is -0.369 e. The van der Waals surface area contributed by atoms with Crippen molar-refractivity contribution in [3.05, 3.63) is 45.2 Å². The maximum absolute atomic E-state index is 13.1. The zero-order chi connectivity index (χ0) is 20.4. The van der Waals surface area contributed by atoms with E-state index in [2.05, 4.69) is 24.1 Å². The van der Waals surface area contributed by atoms with Crippen LogP contribution in [0.4, 0.5) is 5.82 Å². The molecule has 0 bridgehead atoms. The van der Waals surface area contributed by atoms with Gasteiger partial charge < -0.3 is 5.32 Å². The van der Waals surface area contributed by atoms with E-state index in [1.165, 1.54) is 16.2 Å². The van der Waals surface area contributed by atoms with Gasteiger partial charge in [0.1, 0.15) is 15.8 Å². The van der Waals surface area contributed by atoms with Crippen molar-refractivity contribution in [3.8, 4) is 0 Å². The van der Waals surface area contributed by atoms with Gasteiger partial charge in [-0.3, -0.25) is 18.9 Å². The normalized spacial score (nSPS) is 17.2. The number of pyridine rings is 1. The van der Waals surface area contributed by atoms with Crippen molar-refractivity contribution in [1.29, 1.82) is 0 Å². The molecule has 2 aromatic heterocycles. The summed E-state index contributed by atoms with van der Waals surface area (Å²) in [6.45, 7) is 8.82. The van der Waals surface area contributed by atoms with E-state index in [1.807, 2.05) is 19.9 Å². The van der Waals surface area contributed by atoms with E-state index in [0.717, 1.165) is 6.42 Å². The number of rotatable bonds is 6. The second-order valence-corrected chi connectivity index (χ2v) is 8.87. The van der Waals surface area contributed by atoms with E-state index in [4.69, 9.17) is 12.2 Å². The third-order valence-corrected chi connectivity index (χ3v) is 5.91. The smallest absolute Gasteiger partial charge is 0.267 e. The van der Waals surface area contributed by atoms with E-state index in [9.17, 15) is 9.59 Å². The highest BCUT2D eigenvalue weighted by atomic mass is 32.2. The molecule has 0 unspecified atom stereocenters. The lowest BCUT2D eigenvalue weighted by Crippen LogP contribution is -2.36. The van der Waals surface area contributed by atoms with Crippen LogP contribution in [0.1, 0.15) is 39.7 Å². The Kier molecular flexibility index (Phi) is 6.20. The summed E-state index contributed by atoms with van der Waals surface area (Å²) < 4.78 is 2.01. The van der Waals surface area contributed by atoms with Crippen molar-refractivity contribution in [2.45, 2.75) is 40.2 Å². The standard InChI is InChI=1S/C20H24N4O2S2/c1-5-13(4)24-19(26)15(28-20(24)27)10-14-17(21-11-12(2)3)22-16-8-6-7-9-23(16)18(14)25/h6-10,12-13,21H,5,11H2,1-4H3/b15-10-/t13-/m0/s1. The number of thiocarbonyl (C=S) groups is 1. The first kappa shape index (κ1) is 20.5. The van der Waals surface area contributed by atoms with Crippen molar-refractivity contribution in [2.75, 3.05) is 11.9 Å². The highest BCUT2D eigenvalue weighted by molar-refractivity contribution is 8.26. The zero-order valence-electron chi connectivity index (χ0n) is 16.4. The monoisotopic (exact) mass is 416 g/mol. The number of carbonyl (C=O) groups excluding carboxylic acids is 1. The Balaban J connectivity index is 2.11. The molecule has 0 radical (unpaired) electrons. The van der Waals surface area contributed by atoms with Crippen LogP contribution < -0.4 is 10.9 Å². The van der Waals surface area contributed by atoms with Crippen molar-refractivity contribution < 1.29 is 4.79 Å². The Morgan fingerprint density at radius 2 is 2.04 bits per heavy atom. The van der Waals surface area contributed by atoms with Gasteiger partial charge in [-0.1, -0.05) is 50.8 Å². The fourth-order valence-corrected chi connectivity index (χ4v) is 4.29. The molecule has 1 fully saturated rings. The number of amides is 1.